The van der Waals surface area contributed by atoms with Crippen molar-refractivity contribution in [3.8, 4) is 0 Å². The molecule has 0 unspecified atom stereocenters. The van der Waals surface area contributed by atoms with Gasteiger partial charge in [-0.1, -0.05) is 19.1 Å². The highest BCUT2D eigenvalue weighted by atomic mass is 16.1. The summed E-state index contributed by atoms with van der Waals surface area (Å²) in [6.07, 6.45) is 2.56. The second-order valence-corrected chi connectivity index (χ2v) is 4.19. The molecule has 1 amide bonds. The van der Waals surface area contributed by atoms with Crippen LogP contribution in [0.4, 0.5) is 11.5 Å². The van der Waals surface area contributed by atoms with Gasteiger partial charge in [-0.3, -0.25) is 4.79 Å². The predicted molar refractivity (Wildman–Crippen MR) is 77.6 cm³/mol. The molecule has 0 aliphatic carbocycles. The highest BCUT2D eigenvalue weighted by molar-refractivity contribution is 6.04. The first-order valence-electron chi connectivity index (χ1n) is 6.27. The Morgan fingerprint density at radius 2 is 2.11 bits per heavy atom. The first-order valence-corrected chi connectivity index (χ1v) is 6.27. The van der Waals surface area contributed by atoms with E-state index in [4.69, 9.17) is 0 Å². The summed E-state index contributed by atoms with van der Waals surface area (Å²) < 4.78 is 0. The number of hydrogen-bond donors (Lipinski definition) is 2. The SMILES string of the molecule is CCc1cccc(NC(=O)c2ccnc(NC)c2)c1. The van der Waals surface area contributed by atoms with Crippen molar-refractivity contribution in [3.05, 3.63) is 53.7 Å². The van der Waals surface area contributed by atoms with Crippen molar-refractivity contribution in [2.75, 3.05) is 17.7 Å². The largest absolute Gasteiger partial charge is 0.373 e. The highest BCUT2D eigenvalue weighted by Crippen LogP contribution is 2.13. The van der Waals surface area contributed by atoms with Crippen LogP contribution < -0.4 is 10.6 Å². The van der Waals surface area contributed by atoms with Crippen molar-refractivity contribution >= 4 is 17.4 Å². The van der Waals surface area contributed by atoms with Crippen LogP contribution in [0.1, 0.15) is 22.8 Å². The average Bonchev–Trinajstić information content (AvgIpc) is 2.47. The van der Waals surface area contributed by atoms with Gasteiger partial charge >= 0.3 is 0 Å². The number of carbonyl (C=O) groups is 1. The molecule has 4 nitrogen and oxygen atoms in total. The number of hydrogen-bond acceptors (Lipinski definition) is 3. The Bertz CT molecular complexity index is 581. The standard InChI is InChI=1S/C15H17N3O/c1-3-11-5-4-6-13(9-11)18-15(19)12-7-8-17-14(10-12)16-2/h4-10H,3H2,1-2H3,(H,16,17)(H,18,19). The topological polar surface area (TPSA) is 54.0 Å². The molecule has 98 valence electrons. The first-order chi connectivity index (χ1) is 9.22. The van der Waals surface area contributed by atoms with Crippen molar-refractivity contribution in [2.45, 2.75) is 13.3 Å². The molecule has 19 heavy (non-hydrogen) atoms. The number of rotatable bonds is 4. The van der Waals surface area contributed by atoms with E-state index >= 15 is 0 Å². The van der Waals surface area contributed by atoms with Crippen molar-refractivity contribution in [3.63, 3.8) is 0 Å². The maximum Gasteiger partial charge on any atom is 0.255 e. The van der Waals surface area contributed by atoms with Gasteiger partial charge in [-0.25, -0.2) is 4.98 Å². The van der Waals surface area contributed by atoms with Crippen LogP contribution in [0, 0.1) is 0 Å². The van der Waals surface area contributed by atoms with Crippen LogP contribution in [0.3, 0.4) is 0 Å². The van der Waals surface area contributed by atoms with Crippen molar-refractivity contribution in [2.24, 2.45) is 0 Å². The molecular formula is C15H17N3O. The quantitative estimate of drug-likeness (QED) is 0.883. The molecule has 1 aromatic heterocycles. The fraction of sp³-hybridized carbons (Fsp3) is 0.200. The molecule has 4 heteroatoms. The predicted octanol–water partition coefficient (Wildman–Crippen LogP) is 2.94. The lowest BCUT2D eigenvalue weighted by atomic mass is 10.1. The zero-order chi connectivity index (χ0) is 13.7. The second kappa shape index (κ2) is 6.00. The van der Waals surface area contributed by atoms with Crippen LogP contribution in [-0.4, -0.2) is 17.9 Å². The Balaban J connectivity index is 2.15. The van der Waals surface area contributed by atoms with E-state index in [2.05, 4.69) is 22.5 Å². The van der Waals surface area contributed by atoms with Crippen LogP contribution in [0.15, 0.2) is 42.6 Å². The second-order valence-electron chi connectivity index (χ2n) is 4.19. The number of nitrogens with zero attached hydrogens (tertiary/aromatic N) is 1. The van der Waals surface area contributed by atoms with E-state index in [9.17, 15) is 4.79 Å². The van der Waals surface area contributed by atoms with Gasteiger partial charge in [-0.2, -0.15) is 0 Å². The van der Waals surface area contributed by atoms with Gasteiger partial charge in [0, 0.05) is 24.5 Å². The lowest BCUT2D eigenvalue weighted by molar-refractivity contribution is 0.102. The lowest BCUT2D eigenvalue weighted by Crippen LogP contribution is -2.12. The third-order valence-electron chi connectivity index (χ3n) is 2.87. The number of aromatic nitrogens is 1. The summed E-state index contributed by atoms with van der Waals surface area (Å²) >= 11 is 0. The molecule has 1 aromatic carbocycles. The van der Waals surface area contributed by atoms with Gasteiger partial charge in [0.2, 0.25) is 0 Å². The summed E-state index contributed by atoms with van der Waals surface area (Å²) in [4.78, 5) is 16.2. The monoisotopic (exact) mass is 255 g/mol. The molecular weight excluding hydrogens is 238 g/mol. The van der Waals surface area contributed by atoms with E-state index in [1.807, 2.05) is 24.3 Å². The van der Waals surface area contributed by atoms with Crippen molar-refractivity contribution in [1.82, 2.24) is 4.98 Å². The summed E-state index contributed by atoms with van der Waals surface area (Å²) in [5.74, 6) is 0.544. The first kappa shape index (κ1) is 13.1. The van der Waals surface area contributed by atoms with E-state index in [-0.39, 0.29) is 5.91 Å². The molecule has 0 saturated carbocycles. The molecule has 2 rings (SSSR count). The van der Waals surface area contributed by atoms with Gasteiger partial charge in [0.25, 0.3) is 5.91 Å². The zero-order valence-electron chi connectivity index (χ0n) is 11.1. The maximum atomic E-state index is 12.1. The summed E-state index contributed by atoms with van der Waals surface area (Å²) in [6.45, 7) is 2.09. The van der Waals surface area contributed by atoms with Crippen LogP contribution in [-0.2, 0) is 6.42 Å². The van der Waals surface area contributed by atoms with Gasteiger partial charge in [-0.15, -0.1) is 0 Å². The normalized spacial score (nSPS) is 10.0. The minimum absolute atomic E-state index is 0.132. The molecule has 2 N–H and O–H groups in total. The number of benzene rings is 1. The van der Waals surface area contributed by atoms with Crippen LogP contribution in [0.5, 0.6) is 0 Å². The van der Waals surface area contributed by atoms with Crippen LogP contribution in [0.2, 0.25) is 0 Å². The van der Waals surface area contributed by atoms with E-state index < -0.39 is 0 Å². The smallest absolute Gasteiger partial charge is 0.255 e. The van der Waals surface area contributed by atoms with Crippen molar-refractivity contribution in [1.29, 1.82) is 0 Å². The molecule has 1 heterocycles. The summed E-state index contributed by atoms with van der Waals surface area (Å²) in [6, 6.07) is 11.3. The van der Waals surface area contributed by atoms with Crippen LogP contribution in [0.25, 0.3) is 0 Å². The third kappa shape index (κ3) is 3.31. The molecule has 0 aliphatic heterocycles. The third-order valence-corrected chi connectivity index (χ3v) is 2.87. The number of amides is 1. The Labute approximate surface area is 112 Å². The minimum atomic E-state index is -0.132. The van der Waals surface area contributed by atoms with Gasteiger partial charge in [-0.05, 0) is 36.2 Å². The fourth-order valence-corrected chi connectivity index (χ4v) is 1.78. The molecule has 0 saturated heterocycles. The molecule has 0 fully saturated rings. The van der Waals surface area contributed by atoms with Gasteiger partial charge < -0.3 is 10.6 Å². The van der Waals surface area contributed by atoms with Crippen molar-refractivity contribution < 1.29 is 4.79 Å². The van der Waals surface area contributed by atoms with Gasteiger partial charge in [0.1, 0.15) is 5.82 Å². The molecule has 0 atom stereocenters. The van der Waals surface area contributed by atoms with Gasteiger partial charge in [0.15, 0.2) is 0 Å². The van der Waals surface area contributed by atoms with E-state index in [1.165, 1.54) is 5.56 Å². The number of aryl methyl sites for hydroxylation is 1. The number of anilines is 2. The van der Waals surface area contributed by atoms with E-state index in [0.29, 0.717) is 11.4 Å². The fourth-order valence-electron chi connectivity index (χ4n) is 1.78. The minimum Gasteiger partial charge on any atom is -0.373 e. The van der Waals surface area contributed by atoms with E-state index in [0.717, 1.165) is 12.1 Å². The Morgan fingerprint density at radius 3 is 2.84 bits per heavy atom. The lowest BCUT2D eigenvalue weighted by Gasteiger charge is -2.07. The van der Waals surface area contributed by atoms with Gasteiger partial charge in [0.05, 0.1) is 0 Å². The molecule has 2 aromatic rings. The number of pyridine rings is 1. The summed E-state index contributed by atoms with van der Waals surface area (Å²) in [7, 11) is 1.77. The molecule has 0 spiro atoms. The summed E-state index contributed by atoms with van der Waals surface area (Å²) in [5.41, 5.74) is 2.59. The average molecular weight is 255 g/mol. The highest BCUT2D eigenvalue weighted by Gasteiger charge is 2.07. The number of nitrogens with one attached hydrogen (secondary N) is 2. The molecule has 0 bridgehead atoms. The molecule has 0 radical (unpaired) electrons. The Kier molecular flexibility index (Phi) is 4.13. The maximum absolute atomic E-state index is 12.1. The zero-order valence-corrected chi connectivity index (χ0v) is 11.1. The molecule has 0 aliphatic rings. The van der Waals surface area contributed by atoms with E-state index in [1.54, 1.807) is 25.4 Å². The summed E-state index contributed by atoms with van der Waals surface area (Å²) in [5, 5.41) is 5.80. The Morgan fingerprint density at radius 1 is 1.26 bits per heavy atom. The van der Waals surface area contributed by atoms with Crippen LogP contribution >= 0.6 is 0 Å². The Hall–Kier alpha value is -2.36. The number of carbonyl (C=O) groups excluding carboxylic acids is 1.